The third-order valence-corrected chi connectivity index (χ3v) is 3.24. The van der Waals surface area contributed by atoms with Gasteiger partial charge in [0.2, 0.25) is 5.91 Å². The first-order valence-electron chi connectivity index (χ1n) is 6.93. The van der Waals surface area contributed by atoms with Gasteiger partial charge in [-0.1, -0.05) is 42.5 Å². The van der Waals surface area contributed by atoms with Crippen LogP contribution in [0.2, 0.25) is 0 Å². The number of nitrogens with two attached hydrogens (primary N) is 1. The molecule has 0 aliphatic heterocycles. The predicted octanol–water partition coefficient (Wildman–Crippen LogP) is 2.77. The zero-order valence-electron chi connectivity index (χ0n) is 12.3. The van der Waals surface area contributed by atoms with Crippen molar-refractivity contribution in [2.24, 2.45) is 5.73 Å². The van der Waals surface area contributed by atoms with Crippen LogP contribution in [0.3, 0.4) is 0 Å². The Bertz CT molecular complexity index is 639. The molecule has 0 aromatic heterocycles. The summed E-state index contributed by atoms with van der Waals surface area (Å²) in [4.78, 5) is 22.8. The Morgan fingerprint density at radius 1 is 1.09 bits per heavy atom. The maximum Gasteiger partial charge on any atom is 0.407 e. The number of carbonyl (C=O) groups excluding carboxylic acids is 2. The third kappa shape index (κ3) is 4.34. The predicted molar refractivity (Wildman–Crippen MR) is 83.1 cm³/mol. The molecule has 22 heavy (non-hydrogen) atoms. The normalized spacial score (nSPS) is 11.5. The van der Waals surface area contributed by atoms with Crippen molar-refractivity contribution in [2.45, 2.75) is 19.6 Å². The molecule has 0 heterocycles. The Morgan fingerprint density at radius 3 is 2.32 bits per heavy atom. The second kappa shape index (κ2) is 7.26. The summed E-state index contributed by atoms with van der Waals surface area (Å²) in [5.74, 6) is -0.477. The van der Waals surface area contributed by atoms with Gasteiger partial charge in [-0.15, -0.1) is 0 Å². The monoisotopic (exact) mass is 298 g/mol. The Labute approximate surface area is 129 Å². The number of primary amides is 1. The number of amides is 2. The summed E-state index contributed by atoms with van der Waals surface area (Å²) in [6.45, 7) is 2.06. The molecule has 0 bridgehead atoms. The second-order valence-electron chi connectivity index (χ2n) is 4.91. The van der Waals surface area contributed by atoms with E-state index < -0.39 is 12.0 Å². The van der Waals surface area contributed by atoms with Crippen molar-refractivity contribution in [3.63, 3.8) is 0 Å². The molecule has 2 amide bonds. The number of nitrogens with one attached hydrogen (secondary N) is 1. The lowest BCUT2D eigenvalue weighted by Gasteiger charge is -2.14. The highest BCUT2D eigenvalue weighted by Gasteiger charge is 2.11. The molecule has 0 spiro atoms. The largest absolute Gasteiger partial charge is 0.445 e. The molecule has 1 unspecified atom stereocenters. The van der Waals surface area contributed by atoms with E-state index in [0.29, 0.717) is 5.56 Å². The van der Waals surface area contributed by atoms with Crippen LogP contribution in [0.15, 0.2) is 54.6 Å². The summed E-state index contributed by atoms with van der Waals surface area (Å²) in [5.41, 5.74) is 7.41. The zero-order valence-corrected chi connectivity index (χ0v) is 12.3. The van der Waals surface area contributed by atoms with Gasteiger partial charge in [0.15, 0.2) is 0 Å². The van der Waals surface area contributed by atoms with Crippen LogP contribution in [0.1, 0.15) is 34.5 Å². The molecular weight excluding hydrogens is 280 g/mol. The van der Waals surface area contributed by atoms with Crippen molar-refractivity contribution >= 4 is 12.0 Å². The topological polar surface area (TPSA) is 81.4 Å². The molecule has 5 heteroatoms. The van der Waals surface area contributed by atoms with E-state index in [9.17, 15) is 9.59 Å². The fourth-order valence-corrected chi connectivity index (χ4v) is 1.96. The molecule has 2 aromatic rings. The molecule has 0 aliphatic carbocycles. The first-order chi connectivity index (χ1) is 10.6. The molecule has 0 fully saturated rings. The number of alkyl carbamates (subject to hydrolysis) is 1. The summed E-state index contributed by atoms with van der Waals surface area (Å²) in [6.07, 6.45) is -0.490. The number of benzene rings is 2. The summed E-state index contributed by atoms with van der Waals surface area (Å²) >= 11 is 0. The maximum absolute atomic E-state index is 11.8. The minimum atomic E-state index is -0.490. The average Bonchev–Trinajstić information content (AvgIpc) is 2.54. The molecule has 2 rings (SSSR count). The van der Waals surface area contributed by atoms with Gasteiger partial charge >= 0.3 is 6.09 Å². The van der Waals surface area contributed by atoms with E-state index in [1.54, 1.807) is 24.3 Å². The Kier molecular flexibility index (Phi) is 5.14. The highest BCUT2D eigenvalue weighted by atomic mass is 16.5. The van der Waals surface area contributed by atoms with Crippen LogP contribution >= 0.6 is 0 Å². The molecule has 0 aliphatic rings. The van der Waals surface area contributed by atoms with Gasteiger partial charge in [-0.05, 0) is 30.2 Å². The van der Waals surface area contributed by atoms with Gasteiger partial charge < -0.3 is 15.8 Å². The van der Waals surface area contributed by atoms with Gasteiger partial charge in [0.1, 0.15) is 6.61 Å². The highest BCUT2D eigenvalue weighted by molar-refractivity contribution is 5.92. The van der Waals surface area contributed by atoms with Gasteiger partial charge in [0.05, 0.1) is 6.04 Å². The Balaban J connectivity index is 1.86. The molecule has 0 radical (unpaired) electrons. The number of ether oxygens (including phenoxy) is 1. The van der Waals surface area contributed by atoms with Gasteiger partial charge in [-0.2, -0.15) is 0 Å². The molecule has 0 saturated carbocycles. The van der Waals surface area contributed by atoms with Crippen LogP contribution < -0.4 is 11.1 Å². The summed E-state index contributed by atoms with van der Waals surface area (Å²) in [5, 5.41) is 2.74. The molecule has 114 valence electrons. The number of carbonyl (C=O) groups is 2. The van der Waals surface area contributed by atoms with Crippen LogP contribution in [0.5, 0.6) is 0 Å². The maximum atomic E-state index is 11.8. The van der Waals surface area contributed by atoms with E-state index >= 15 is 0 Å². The van der Waals surface area contributed by atoms with Crippen LogP contribution in [0.4, 0.5) is 4.79 Å². The zero-order chi connectivity index (χ0) is 15.9. The van der Waals surface area contributed by atoms with Crippen molar-refractivity contribution in [1.29, 1.82) is 0 Å². The average molecular weight is 298 g/mol. The summed E-state index contributed by atoms with van der Waals surface area (Å²) in [7, 11) is 0. The van der Waals surface area contributed by atoms with Crippen LogP contribution in [-0.4, -0.2) is 12.0 Å². The fraction of sp³-hybridized carbons (Fsp3) is 0.176. The van der Waals surface area contributed by atoms with Crippen molar-refractivity contribution in [1.82, 2.24) is 5.32 Å². The quantitative estimate of drug-likeness (QED) is 0.890. The number of rotatable bonds is 5. The Morgan fingerprint density at radius 2 is 1.73 bits per heavy atom. The SMILES string of the molecule is CC(NC(=O)OCc1ccccc1)c1ccc(C(N)=O)cc1. The van der Waals surface area contributed by atoms with Gasteiger partial charge in [-0.3, -0.25) is 4.79 Å². The third-order valence-electron chi connectivity index (χ3n) is 3.24. The first-order valence-corrected chi connectivity index (χ1v) is 6.93. The number of hydrogen-bond donors (Lipinski definition) is 2. The van der Waals surface area contributed by atoms with Crippen molar-refractivity contribution in [3.05, 3.63) is 71.3 Å². The van der Waals surface area contributed by atoms with E-state index in [0.717, 1.165) is 11.1 Å². The van der Waals surface area contributed by atoms with Crippen LogP contribution in [0.25, 0.3) is 0 Å². The molecule has 2 aromatic carbocycles. The minimum absolute atomic E-state index is 0.222. The second-order valence-corrected chi connectivity index (χ2v) is 4.91. The lowest BCUT2D eigenvalue weighted by Crippen LogP contribution is -2.27. The number of hydrogen-bond acceptors (Lipinski definition) is 3. The first kappa shape index (κ1) is 15.6. The van der Waals surface area contributed by atoms with E-state index in [1.165, 1.54) is 0 Å². The van der Waals surface area contributed by atoms with Crippen molar-refractivity contribution in [2.75, 3.05) is 0 Å². The van der Waals surface area contributed by atoms with Gasteiger partial charge in [-0.25, -0.2) is 4.79 Å². The lowest BCUT2D eigenvalue weighted by molar-refractivity contribution is 0.1000. The summed E-state index contributed by atoms with van der Waals surface area (Å²) in [6, 6.07) is 16.0. The van der Waals surface area contributed by atoms with E-state index in [2.05, 4.69) is 5.32 Å². The molecule has 5 nitrogen and oxygen atoms in total. The van der Waals surface area contributed by atoms with Gasteiger partial charge in [0.25, 0.3) is 0 Å². The molecular formula is C17H18N2O3. The van der Waals surface area contributed by atoms with Crippen LogP contribution in [-0.2, 0) is 11.3 Å². The summed E-state index contributed by atoms with van der Waals surface area (Å²) < 4.78 is 5.16. The van der Waals surface area contributed by atoms with Gasteiger partial charge in [0, 0.05) is 5.56 Å². The standard InChI is InChI=1S/C17H18N2O3/c1-12(14-7-9-15(10-8-14)16(18)20)19-17(21)22-11-13-5-3-2-4-6-13/h2-10,12H,11H2,1H3,(H2,18,20)(H,19,21). The molecule has 0 saturated heterocycles. The smallest absolute Gasteiger partial charge is 0.407 e. The van der Waals surface area contributed by atoms with Crippen molar-refractivity contribution in [3.8, 4) is 0 Å². The molecule has 3 N–H and O–H groups in total. The van der Waals surface area contributed by atoms with E-state index in [1.807, 2.05) is 37.3 Å². The van der Waals surface area contributed by atoms with E-state index in [4.69, 9.17) is 10.5 Å². The fourth-order valence-electron chi connectivity index (χ4n) is 1.96. The lowest BCUT2D eigenvalue weighted by atomic mass is 10.1. The minimum Gasteiger partial charge on any atom is -0.445 e. The van der Waals surface area contributed by atoms with Crippen LogP contribution in [0, 0.1) is 0 Å². The van der Waals surface area contributed by atoms with E-state index in [-0.39, 0.29) is 12.6 Å². The Hall–Kier alpha value is -2.82. The highest BCUT2D eigenvalue weighted by Crippen LogP contribution is 2.13. The molecule has 1 atom stereocenters. The van der Waals surface area contributed by atoms with Crippen molar-refractivity contribution < 1.29 is 14.3 Å².